The smallest absolute Gasteiger partial charge is 0.226 e. The zero-order valence-corrected chi connectivity index (χ0v) is 12.4. The van der Waals surface area contributed by atoms with Crippen LogP contribution in [-0.2, 0) is 4.79 Å². The summed E-state index contributed by atoms with van der Waals surface area (Å²) >= 11 is 0. The Balaban J connectivity index is 4.60. The molecule has 0 saturated heterocycles. The van der Waals surface area contributed by atoms with Gasteiger partial charge in [-0.15, -0.1) is 0 Å². The van der Waals surface area contributed by atoms with E-state index in [4.69, 9.17) is 5.73 Å². The van der Waals surface area contributed by atoms with Crippen LogP contribution in [-0.4, -0.2) is 30.4 Å². The molecule has 1 amide bonds. The topological polar surface area (TPSA) is 46.3 Å². The summed E-state index contributed by atoms with van der Waals surface area (Å²) in [7, 11) is 0. The van der Waals surface area contributed by atoms with Gasteiger partial charge < -0.3 is 10.6 Å². The third-order valence-electron chi connectivity index (χ3n) is 2.77. The van der Waals surface area contributed by atoms with Crippen LogP contribution in [0.3, 0.4) is 0 Å². The van der Waals surface area contributed by atoms with E-state index in [0.29, 0.717) is 12.5 Å². The van der Waals surface area contributed by atoms with Crippen molar-refractivity contribution in [1.82, 2.24) is 4.90 Å². The molecule has 102 valence electrons. The summed E-state index contributed by atoms with van der Waals surface area (Å²) in [5.74, 6) is 0.694. The van der Waals surface area contributed by atoms with Gasteiger partial charge in [-0.3, -0.25) is 4.79 Å². The van der Waals surface area contributed by atoms with Gasteiger partial charge in [0.15, 0.2) is 0 Å². The van der Waals surface area contributed by atoms with Crippen LogP contribution in [0.4, 0.5) is 0 Å². The first kappa shape index (κ1) is 16.4. The Hall–Kier alpha value is -0.570. The van der Waals surface area contributed by atoms with Gasteiger partial charge in [0.2, 0.25) is 5.91 Å². The van der Waals surface area contributed by atoms with Crippen molar-refractivity contribution < 1.29 is 4.79 Å². The molecule has 1 atom stereocenters. The lowest BCUT2D eigenvalue weighted by Gasteiger charge is -2.30. The highest BCUT2D eigenvalue weighted by Crippen LogP contribution is 2.25. The van der Waals surface area contributed by atoms with Gasteiger partial charge in [0, 0.05) is 19.6 Å². The monoisotopic (exact) mass is 242 g/mol. The minimum Gasteiger partial charge on any atom is -0.342 e. The summed E-state index contributed by atoms with van der Waals surface area (Å²) in [5.41, 5.74) is 5.91. The highest BCUT2D eigenvalue weighted by molar-refractivity contribution is 5.79. The van der Waals surface area contributed by atoms with Crippen molar-refractivity contribution in [3.05, 3.63) is 0 Å². The molecule has 2 N–H and O–H groups in total. The van der Waals surface area contributed by atoms with E-state index in [9.17, 15) is 4.79 Å². The summed E-state index contributed by atoms with van der Waals surface area (Å²) < 4.78 is 0. The van der Waals surface area contributed by atoms with Crippen LogP contribution in [0.2, 0.25) is 0 Å². The predicted molar refractivity (Wildman–Crippen MR) is 73.7 cm³/mol. The van der Waals surface area contributed by atoms with Crippen LogP contribution < -0.4 is 5.73 Å². The maximum atomic E-state index is 12.4. The minimum atomic E-state index is -0.0336. The van der Waals surface area contributed by atoms with Crippen molar-refractivity contribution in [3.8, 4) is 0 Å². The molecule has 0 rings (SSSR count). The van der Waals surface area contributed by atoms with E-state index in [0.717, 1.165) is 19.5 Å². The molecule has 0 saturated carbocycles. The predicted octanol–water partition coefficient (Wildman–Crippen LogP) is 2.50. The van der Waals surface area contributed by atoms with Gasteiger partial charge in [-0.1, -0.05) is 34.6 Å². The molecule has 3 heteroatoms. The Kier molecular flexibility index (Phi) is 6.76. The molecule has 0 bridgehead atoms. The van der Waals surface area contributed by atoms with Gasteiger partial charge >= 0.3 is 0 Å². The number of nitrogens with two attached hydrogens (primary N) is 1. The normalized spacial score (nSPS) is 13.9. The SMILES string of the molecule is CCN(CC(C)C)C(=O)C(CN)CC(C)(C)C. The molecule has 0 aromatic heterocycles. The lowest BCUT2D eigenvalue weighted by molar-refractivity contribution is -0.136. The third kappa shape index (κ3) is 6.67. The van der Waals surface area contributed by atoms with Crippen molar-refractivity contribution in [2.45, 2.75) is 48.0 Å². The first-order valence-corrected chi connectivity index (χ1v) is 6.70. The molecule has 17 heavy (non-hydrogen) atoms. The van der Waals surface area contributed by atoms with E-state index in [1.165, 1.54) is 0 Å². The number of hydrogen-bond donors (Lipinski definition) is 1. The molecular formula is C14H30N2O. The maximum absolute atomic E-state index is 12.4. The summed E-state index contributed by atoms with van der Waals surface area (Å²) in [4.78, 5) is 14.3. The zero-order valence-electron chi connectivity index (χ0n) is 12.4. The lowest BCUT2D eigenvalue weighted by Crippen LogP contribution is -2.42. The molecule has 0 spiro atoms. The first-order chi connectivity index (χ1) is 7.71. The molecule has 0 aliphatic heterocycles. The van der Waals surface area contributed by atoms with Crippen molar-refractivity contribution in [2.75, 3.05) is 19.6 Å². The Morgan fingerprint density at radius 1 is 1.29 bits per heavy atom. The van der Waals surface area contributed by atoms with Crippen LogP contribution in [0.1, 0.15) is 48.0 Å². The largest absolute Gasteiger partial charge is 0.342 e. The Morgan fingerprint density at radius 3 is 2.12 bits per heavy atom. The van der Waals surface area contributed by atoms with E-state index >= 15 is 0 Å². The third-order valence-corrected chi connectivity index (χ3v) is 2.77. The Labute approximate surface area is 107 Å². The molecule has 0 aliphatic rings. The van der Waals surface area contributed by atoms with E-state index in [-0.39, 0.29) is 17.2 Å². The molecule has 0 heterocycles. The fourth-order valence-corrected chi connectivity index (χ4v) is 2.08. The van der Waals surface area contributed by atoms with Gasteiger partial charge in [-0.25, -0.2) is 0 Å². The highest BCUT2D eigenvalue weighted by Gasteiger charge is 2.27. The summed E-state index contributed by atoms with van der Waals surface area (Å²) in [6.45, 7) is 14.8. The molecule has 0 fully saturated rings. The molecule has 3 nitrogen and oxygen atoms in total. The van der Waals surface area contributed by atoms with Crippen LogP contribution in [0.15, 0.2) is 0 Å². The van der Waals surface area contributed by atoms with Crippen LogP contribution in [0.25, 0.3) is 0 Å². The molecule has 0 aromatic rings. The number of nitrogens with zero attached hydrogens (tertiary/aromatic N) is 1. The Bertz CT molecular complexity index is 231. The first-order valence-electron chi connectivity index (χ1n) is 6.70. The van der Waals surface area contributed by atoms with Crippen LogP contribution in [0, 0.1) is 17.3 Å². The standard InChI is InChI=1S/C14H30N2O/c1-7-16(10-11(2)3)13(17)12(9-15)8-14(4,5)6/h11-12H,7-10,15H2,1-6H3. The fraction of sp³-hybridized carbons (Fsp3) is 0.929. The van der Waals surface area contributed by atoms with Gasteiger partial charge in [0.05, 0.1) is 5.92 Å². The average molecular weight is 242 g/mol. The quantitative estimate of drug-likeness (QED) is 0.778. The number of amides is 1. The molecule has 1 unspecified atom stereocenters. The molecule has 0 aliphatic carbocycles. The number of hydrogen-bond acceptors (Lipinski definition) is 2. The maximum Gasteiger partial charge on any atom is 0.226 e. The second-order valence-electron chi connectivity index (χ2n) is 6.47. The van der Waals surface area contributed by atoms with Crippen LogP contribution >= 0.6 is 0 Å². The van der Waals surface area contributed by atoms with Crippen molar-refractivity contribution in [3.63, 3.8) is 0 Å². The van der Waals surface area contributed by atoms with Gasteiger partial charge in [0.25, 0.3) is 0 Å². The summed E-state index contributed by atoms with van der Waals surface area (Å²) in [6, 6.07) is 0. The van der Waals surface area contributed by atoms with Gasteiger partial charge in [-0.2, -0.15) is 0 Å². The van der Waals surface area contributed by atoms with Gasteiger partial charge in [0.1, 0.15) is 0 Å². The fourth-order valence-electron chi connectivity index (χ4n) is 2.08. The number of rotatable bonds is 6. The average Bonchev–Trinajstić information content (AvgIpc) is 2.20. The van der Waals surface area contributed by atoms with Crippen molar-refractivity contribution in [1.29, 1.82) is 0 Å². The van der Waals surface area contributed by atoms with E-state index in [1.807, 2.05) is 11.8 Å². The molecular weight excluding hydrogens is 212 g/mol. The summed E-state index contributed by atoms with van der Waals surface area (Å²) in [5, 5.41) is 0. The highest BCUT2D eigenvalue weighted by atomic mass is 16.2. The van der Waals surface area contributed by atoms with Crippen LogP contribution in [0.5, 0.6) is 0 Å². The van der Waals surface area contributed by atoms with E-state index in [1.54, 1.807) is 0 Å². The van der Waals surface area contributed by atoms with Crippen molar-refractivity contribution in [2.24, 2.45) is 23.0 Å². The van der Waals surface area contributed by atoms with E-state index in [2.05, 4.69) is 34.6 Å². The second kappa shape index (κ2) is 7.00. The number of carbonyl (C=O) groups is 1. The zero-order chi connectivity index (χ0) is 13.6. The Morgan fingerprint density at radius 2 is 1.82 bits per heavy atom. The number of carbonyl (C=O) groups excluding carboxylic acids is 1. The second-order valence-corrected chi connectivity index (χ2v) is 6.47. The molecule has 0 aromatic carbocycles. The lowest BCUT2D eigenvalue weighted by atomic mass is 9.84. The van der Waals surface area contributed by atoms with Gasteiger partial charge in [-0.05, 0) is 24.7 Å². The summed E-state index contributed by atoms with van der Waals surface area (Å²) in [6.07, 6.45) is 0.858. The van der Waals surface area contributed by atoms with Crippen molar-refractivity contribution >= 4 is 5.91 Å². The molecule has 0 radical (unpaired) electrons. The minimum absolute atomic E-state index is 0.0336. The van der Waals surface area contributed by atoms with E-state index < -0.39 is 0 Å².